The van der Waals surface area contributed by atoms with Gasteiger partial charge in [0.15, 0.2) is 0 Å². The summed E-state index contributed by atoms with van der Waals surface area (Å²) in [5.41, 5.74) is 7.45. The van der Waals surface area contributed by atoms with E-state index >= 15 is 0 Å². The second kappa shape index (κ2) is 14.0. The zero-order valence-electron chi connectivity index (χ0n) is 29.3. The number of nitrogens with one attached hydrogen (secondary N) is 2. The Morgan fingerprint density at radius 1 is 0.940 bits per heavy atom. The van der Waals surface area contributed by atoms with E-state index in [4.69, 9.17) is 9.72 Å². The first-order valence-corrected chi connectivity index (χ1v) is 19.7. The van der Waals surface area contributed by atoms with Crippen LogP contribution in [0.4, 0.5) is 34.5 Å². The molecule has 15 heteroatoms. The number of piperazine rings is 1. The summed E-state index contributed by atoms with van der Waals surface area (Å²) in [6.07, 6.45) is 10.9. The number of methoxy groups -OCH3 is 1. The third kappa shape index (κ3) is 7.13. The van der Waals surface area contributed by atoms with E-state index in [2.05, 4.69) is 70.5 Å². The highest BCUT2D eigenvalue weighted by Gasteiger charge is 2.29. The lowest BCUT2D eigenvalue weighted by molar-refractivity contribution is 0.0982. The second-order valence-corrected chi connectivity index (χ2v) is 16.4. The number of fused-ring (bicyclic) bond motifs is 1. The van der Waals surface area contributed by atoms with Crippen molar-refractivity contribution < 1.29 is 13.2 Å². The largest absolute Gasteiger partial charge is 0.494 e. The van der Waals surface area contributed by atoms with Crippen LogP contribution in [0.2, 0.25) is 0 Å². The number of anilines is 6. The summed E-state index contributed by atoms with van der Waals surface area (Å²) in [6.45, 7) is 6.46. The maximum atomic E-state index is 12.5. The van der Waals surface area contributed by atoms with Crippen LogP contribution >= 0.6 is 15.9 Å². The number of ether oxygens (including phenoxy) is 1. The number of nitrogens with zero attached hydrogens (tertiary/aromatic N) is 8. The molecule has 4 aromatic rings. The molecule has 2 aliphatic heterocycles. The molecule has 7 rings (SSSR count). The molecular weight excluding hydrogens is 720 g/mol. The molecule has 0 atom stereocenters. The van der Waals surface area contributed by atoms with Crippen LogP contribution in [0.15, 0.2) is 47.3 Å². The van der Waals surface area contributed by atoms with Crippen molar-refractivity contribution in [3.05, 3.63) is 58.5 Å². The molecule has 1 aliphatic carbocycles. The smallest absolute Gasteiger partial charge is 0.232 e. The molecule has 2 fully saturated rings. The van der Waals surface area contributed by atoms with Crippen LogP contribution in [-0.2, 0) is 29.9 Å². The summed E-state index contributed by atoms with van der Waals surface area (Å²) in [5, 5.41) is 11.3. The lowest BCUT2D eigenvalue weighted by Gasteiger charge is -2.43. The summed E-state index contributed by atoms with van der Waals surface area (Å²) in [7, 11) is 3.89. The molecule has 13 nitrogen and oxygen atoms in total. The van der Waals surface area contributed by atoms with Gasteiger partial charge >= 0.3 is 0 Å². The second-order valence-electron chi connectivity index (χ2n) is 13.5. The number of sulfonamides is 1. The Morgan fingerprint density at radius 2 is 1.66 bits per heavy atom. The normalized spacial score (nSPS) is 17.3. The van der Waals surface area contributed by atoms with Gasteiger partial charge in [0.2, 0.25) is 16.0 Å². The van der Waals surface area contributed by atoms with Gasteiger partial charge in [0.05, 0.1) is 41.1 Å². The van der Waals surface area contributed by atoms with Gasteiger partial charge in [0.25, 0.3) is 0 Å². The number of benzene rings is 2. The summed E-state index contributed by atoms with van der Waals surface area (Å²) in [4.78, 5) is 16.9. The van der Waals surface area contributed by atoms with E-state index in [0.29, 0.717) is 45.1 Å². The van der Waals surface area contributed by atoms with Gasteiger partial charge in [-0.1, -0.05) is 0 Å². The van der Waals surface area contributed by atoms with Crippen molar-refractivity contribution in [3.63, 3.8) is 0 Å². The number of likely N-dealkylation sites (N-methyl/N-ethyl adjacent to an activating group) is 1. The van der Waals surface area contributed by atoms with Crippen LogP contribution in [0.3, 0.4) is 0 Å². The Hall–Kier alpha value is -3.92. The minimum atomic E-state index is -3.48. The number of halogens is 1. The maximum absolute atomic E-state index is 12.5. The van der Waals surface area contributed by atoms with Crippen LogP contribution in [0.1, 0.15) is 24.0 Å². The van der Waals surface area contributed by atoms with Gasteiger partial charge in [0.1, 0.15) is 11.6 Å². The molecule has 0 unspecified atom stereocenters. The molecular formula is C35H45BrN10O3S. The fourth-order valence-electron chi connectivity index (χ4n) is 7.08. The van der Waals surface area contributed by atoms with Crippen LogP contribution in [0.5, 0.6) is 5.75 Å². The van der Waals surface area contributed by atoms with E-state index in [1.807, 2.05) is 36.3 Å². The van der Waals surface area contributed by atoms with Gasteiger partial charge in [-0.05, 0) is 78.0 Å². The number of piperidine rings is 1. The van der Waals surface area contributed by atoms with Gasteiger partial charge in [-0.25, -0.2) is 13.4 Å². The third-order valence-corrected chi connectivity index (χ3v) is 12.0. The molecule has 2 saturated heterocycles. The van der Waals surface area contributed by atoms with E-state index in [1.165, 1.54) is 16.1 Å². The van der Waals surface area contributed by atoms with Crippen molar-refractivity contribution in [3.8, 4) is 16.9 Å². The fourth-order valence-corrected chi connectivity index (χ4v) is 7.88. The molecule has 0 bridgehead atoms. The van der Waals surface area contributed by atoms with Gasteiger partial charge in [-0.2, -0.15) is 10.1 Å². The van der Waals surface area contributed by atoms with Crippen molar-refractivity contribution in [2.75, 3.05) is 86.6 Å². The molecule has 3 aliphatic rings. The molecule has 266 valence electrons. The first-order valence-electron chi connectivity index (χ1n) is 17.0. The molecule has 50 heavy (non-hydrogen) atoms. The summed E-state index contributed by atoms with van der Waals surface area (Å²) in [5.74, 6) is 1.53. The molecule has 0 radical (unpaired) electrons. The topological polar surface area (TPSA) is 124 Å². The Bertz CT molecular complexity index is 1990. The summed E-state index contributed by atoms with van der Waals surface area (Å²) < 4.78 is 34.7. The average molecular weight is 766 g/mol. The zero-order valence-corrected chi connectivity index (χ0v) is 31.7. The minimum absolute atomic E-state index is 0.355. The summed E-state index contributed by atoms with van der Waals surface area (Å²) >= 11 is 3.59. The molecule has 2 aromatic heterocycles. The van der Waals surface area contributed by atoms with E-state index in [9.17, 15) is 8.42 Å². The molecule has 4 heterocycles. The maximum Gasteiger partial charge on any atom is 0.232 e. The van der Waals surface area contributed by atoms with Gasteiger partial charge in [0, 0.05) is 94.7 Å². The molecule has 2 N–H and O–H groups in total. The zero-order chi connectivity index (χ0) is 35.2. The summed E-state index contributed by atoms with van der Waals surface area (Å²) in [6, 6.07) is 8.75. The van der Waals surface area contributed by atoms with Crippen LogP contribution in [0, 0.1) is 0 Å². The standard InChI is InChI=1S/C35H45BrN10O3S/c1-42-12-14-45(15-13-42)26-8-10-46(11-9-26)31-19-33(49-4)30(18-27(31)25-20-38-43(2)22-25)40-35-37-21-28(36)34(41-35)39-29-16-23-6-7-24(23)17-32(29)44(3)50(5,47)48/h16-22,26H,6-15H2,1-5H3,(H2,37,39,40,41). The first kappa shape index (κ1) is 34.5. The van der Waals surface area contributed by atoms with Gasteiger partial charge in [-0.15, -0.1) is 0 Å². The van der Waals surface area contributed by atoms with Crippen LogP contribution < -0.4 is 24.6 Å². The molecule has 0 saturated carbocycles. The quantitative estimate of drug-likeness (QED) is 0.231. The predicted octanol–water partition coefficient (Wildman–Crippen LogP) is 4.85. The van der Waals surface area contributed by atoms with E-state index in [-0.39, 0.29) is 0 Å². The average Bonchev–Trinajstić information content (AvgIpc) is 3.53. The van der Waals surface area contributed by atoms with Crippen molar-refractivity contribution in [2.24, 2.45) is 7.05 Å². The highest BCUT2D eigenvalue weighted by Crippen LogP contribution is 2.42. The lowest BCUT2D eigenvalue weighted by atomic mass is 9.87. The van der Waals surface area contributed by atoms with Crippen LogP contribution in [-0.4, -0.2) is 111 Å². The van der Waals surface area contributed by atoms with Crippen molar-refractivity contribution in [1.82, 2.24) is 29.5 Å². The number of aromatic nitrogens is 4. The third-order valence-electron chi connectivity index (χ3n) is 10.3. The Labute approximate surface area is 302 Å². The van der Waals surface area contributed by atoms with Crippen LogP contribution in [0.25, 0.3) is 11.1 Å². The number of hydrogen-bond donors (Lipinski definition) is 2. The van der Waals surface area contributed by atoms with Crippen molar-refractivity contribution in [2.45, 2.75) is 31.7 Å². The minimum Gasteiger partial charge on any atom is -0.494 e. The lowest BCUT2D eigenvalue weighted by Crippen LogP contribution is -2.52. The highest BCUT2D eigenvalue weighted by atomic mass is 79.9. The number of aryl methyl sites for hydroxylation is 3. The Morgan fingerprint density at radius 3 is 2.30 bits per heavy atom. The number of rotatable bonds is 10. The number of hydrogen-bond acceptors (Lipinski definition) is 11. The first-order chi connectivity index (χ1) is 24.0. The van der Waals surface area contributed by atoms with Gasteiger partial charge < -0.3 is 25.2 Å². The van der Waals surface area contributed by atoms with E-state index in [1.54, 1.807) is 20.4 Å². The molecule has 0 amide bonds. The molecule has 2 aromatic carbocycles. The van der Waals surface area contributed by atoms with Gasteiger partial charge in [-0.3, -0.25) is 13.9 Å². The highest BCUT2D eigenvalue weighted by molar-refractivity contribution is 9.10. The molecule has 0 spiro atoms. The Kier molecular flexibility index (Phi) is 9.67. The van der Waals surface area contributed by atoms with E-state index in [0.717, 1.165) is 87.3 Å². The van der Waals surface area contributed by atoms with Crippen molar-refractivity contribution in [1.29, 1.82) is 0 Å². The van der Waals surface area contributed by atoms with Crippen molar-refractivity contribution >= 4 is 60.5 Å². The SMILES string of the molecule is COc1cc(N2CCC(N3CCN(C)CC3)CC2)c(-c2cnn(C)c2)cc1Nc1ncc(Br)c(Nc2cc3c(cc2N(C)S(C)(=O)=O)CC3)n1. The van der Waals surface area contributed by atoms with E-state index < -0.39 is 10.0 Å². The monoisotopic (exact) mass is 764 g/mol. The predicted molar refractivity (Wildman–Crippen MR) is 203 cm³/mol. The fraction of sp³-hybridized carbons (Fsp3) is 0.457. The Balaban J connectivity index is 1.17.